The molecule has 5 aliphatic carbocycles. The Morgan fingerprint density at radius 2 is 1.67 bits per heavy atom. The first-order valence-electron chi connectivity index (χ1n) is 15.4. The number of carbonyl (C=O) groups excluding carboxylic acids is 1. The molecule has 0 radical (unpaired) electrons. The molecular weight excluding hydrogens is 542 g/mol. The van der Waals surface area contributed by atoms with Crippen molar-refractivity contribution in [3.05, 3.63) is 29.8 Å². The Bertz CT molecular complexity index is 1240. The van der Waals surface area contributed by atoms with Gasteiger partial charge in [0.2, 0.25) is 0 Å². The molecule has 42 heavy (non-hydrogen) atoms. The average Bonchev–Trinajstić information content (AvgIpc) is 3.35. The van der Waals surface area contributed by atoms with Crippen LogP contribution in [0.1, 0.15) is 49.4 Å². The van der Waals surface area contributed by atoms with Crippen LogP contribution in [-0.2, 0) is 18.9 Å². The third kappa shape index (κ3) is 3.12. The average molecular weight is 588 g/mol. The number of fused-ring (bicyclic) bond motifs is 2. The van der Waals surface area contributed by atoms with Gasteiger partial charge >= 0.3 is 5.97 Å². The quantitative estimate of drug-likeness (QED) is 0.387. The van der Waals surface area contributed by atoms with Gasteiger partial charge in [0.05, 0.1) is 42.7 Å². The van der Waals surface area contributed by atoms with Gasteiger partial charge in [0.1, 0.15) is 17.5 Å². The summed E-state index contributed by atoms with van der Waals surface area (Å²) < 4.78 is 29.5. The number of hydrogen-bond donors (Lipinski definition) is 3. The van der Waals surface area contributed by atoms with Crippen LogP contribution in [0, 0.1) is 28.6 Å². The molecular formula is C32H45NO9. The second-order valence-electron chi connectivity index (χ2n) is 13.9. The fraction of sp³-hybridized carbons (Fsp3) is 0.781. The van der Waals surface area contributed by atoms with Crippen molar-refractivity contribution in [1.29, 1.82) is 0 Å². The fourth-order valence-corrected chi connectivity index (χ4v) is 11.7. The van der Waals surface area contributed by atoms with E-state index in [-0.39, 0.29) is 36.8 Å². The Morgan fingerprint density at radius 3 is 2.29 bits per heavy atom. The molecule has 6 fully saturated rings. The third-order valence-electron chi connectivity index (χ3n) is 13.0. The highest BCUT2D eigenvalue weighted by atomic mass is 16.6. The van der Waals surface area contributed by atoms with Crippen LogP contribution in [0.3, 0.4) is 0 Å². The number of carbonyl (C=O) groups is 1. The Morgan fingerprint density at radius 1 is 0.952 bits per heavy atom. The van der Waals surface area contributed by atoms with Crippen molar-refractivity contribution in [2.45, 2.75) is 80.2 Å². The minimum Gasteiger partial charge on any atom is -0.497 e. The smallest absolute Gasteiger partial charge is 0.338 e. The van der Waals surface area contributed by atoms with E-state index in [2.05, 4.69) is 11.8 Å². The van der Waals surface area contributed by atoms with E-state index in [9.17, 15) is 20.1 Å². The van der Waals surface area contributed by atoms with Crippen LogP contribution in [0.2, 0.25) is 0 Å². The van der Waals surface area contributed by atoms with E-state index in [1.165, 1.54) is 0 Å². The zero-order valence-electron chi connectivity index (χ0n) is 25.2. The molecule has 1 aromatic rings. The van der Waals surface area contributed by atoms with E-state index in [4.69, 9.17) is 23.7 Å². The summed E-state index contributed by atoms with van der Waals surface area (Å²) in [5.74, 6) is -1.28. The first kappa shape index (κ1) is 29.0. The maximum absolute atomic E-state index is 13.6. The number of methoxy groups -OCH3 is 4. The van der Waals surface area contributed by atoms with E-state index in [0.29, 0.717) is 30.9 Å². The second kappa shape index (κ2) is 9.36. The number of nitrogens with zero attached hydrogens (tertiary/aromatic N) is 1. The topological polar surface area (TPSA) is 127 Å². The van der Waals surface area contributed by atoms with Crippen molar-refractivity contribution in [3.63, 3.8) is 0 Å². The zero-order chi connectivity index (χ0) is 29.9. The predicted octanol–water partition coefficient (Wildman–Crippen LogP) is 1.63. The molecule has 12 atom stereocenters. The third-order valence-corrected chi connectivity index (χ3v) is 13.0. The van der Waals surface area contributed by atoms with Crippen molar-refractivity contribution in [1.82, 2.24) is 4.90 Å². The number of hydrogen-bond acceptors (Lipinski definition) is 10. The van der Waals surface area contributed by atoms with E-state index in [1.807, 2.05) is 0 Å². The van der Waals surface area contributed by atoms with Gasteiger partial charge in [0, 0.05) is 63.0 Å². The Kier molecular flexibility index (Phi) is 6.45. The monoisotopic (exact) mass is 587 g/mol. The number of esters is 1. The molecule has 1 aromatic carbocycles. The van der Waals surface area contributed by atoms with E-state index < -0.39 is 51.7 Å². The molecule has 10 nitrogen and oxygen atoms in total. The lowest BCUT2D eigenvalue weighted by Crippen LogP contribution is -2.81. The van der Waals surface area contributed by atoms with Crippen molar-refractivity contribution in [2.75, 3.05) is 48.1 Å². The summed E-state index contributed by atoms with van der Waals surface area (Å²) in [7, 11) is 6.50. The Labute approximate surface area is 247 Å². The van der Waals surface area contributed by atoms with Crippen LogP contribution in [0.5, 0.6) is 5.75 Å². The van der Waals surface area contributed by atoms with Crippen LogP contribution >= 0.6 is 0 Å². The minimum absolute atomic E-state index is 0.162. The summed E-state index contributed by atoms with van der Waals surface area (Å²) in [5.41, 5.74) is -5.10. The van der Waals surface area contributed by atoms with Gasteiger partial charge in [-0.3, -0.25) is 4.90 Å². The van der Waals surface area contributed by atoms with Crippen LogP contribution in [0.15, 0.2) is 24.3 Å². The molecule has 1 heterocycles. The van der Waals surface area contributed by atoms with Crippen molar-refractivity contribution < 1.29 is 43.8 Å². The summed E-state index contributed by atoms with van der Waals surface area (Å²) in [6.45, 7) is 3.96. The SMILES string of the molecule is CCN1C[C@]2(COC)CC[C@H](OC)[C@@]34[C@@H]5C[C@]6(O)[C@@H](OC)C[C@@](O)([C@H]5[C@H]6OC(=O)c5ccc(OC)cc5)[C@@H](C[C@]23O)[C@@H]14. The summed E-state index contributed by atoms with van der Waals surface area (Å²) in [6.07, 6.45) is 0.253. The molecule has 3 N–H and O–H groups in total. The van der Waals surface area contributed by atoms with Crippen molar-refractivity contribution in [2.24, 2.45) is 28.6 Å². The number of likely N-dealkylation sites (tertiary alicyclic amines) is 1. The maximum Gasteiger partial charge on any atom is 0.338 e. The molecule has 1 saturated heterocycles. The van der Waals surface area contributed by atoms with Gasteiger partial charge in [-0.05, 0) is 62.4 Å². The summed E-state index contributed by atoms with van der Waals surface area (Å²) in [4.78, 5) is 16.0. The van der Waals surface area contributed by atoms with Crippen molar-refractivity contribution in [3.8, 4) is 5.75 Å². The van der Waals surface area contributed by atoms with E-state index in [0.717, 1.165) is 19.4 Å². The van der Waals surface area contributed by atoms with E-state index in [1.54, 1.807) is 52.7 Å². The number of rotatable bonds is 8. The van der Waals surface area contributed by atoms with Gasteiger partial charge in [-0.25, -0.2) is 4.79 Å². The lowest BCUT2D eigenvalue weighted by Gasteiger charge is -2.71. The first-order chi connectivity index (χ1) is 20.0. The number of benzene rings is 1. The molecule has 5 saturated carbocycles. The van der Waals surface area contributed by atoms with Gasteiger partial charge in [-0.2, -0.15) is 0 Å². The van der Waals surface area contributed by atoms with Gasteiger partial charge in [0.25, 0.3) is 0 Å². The first-order valence-corrected chi connectivity index (χ1v) is 15.4. The molecule has 7 bridgehead atoms. The Hall–Kier alpha value is -1.79. The van der Waals surface area contributed by atoms with Crippen LogP contribution in [0.4, 0.5) is 0 Å². The van der Waals surface area contributed by atoms with Gasteiger partial charge in [0.15, 0.2) is 0 Å². The van der Waals surface area contributed by atoms with Crippen LogP contribution in [0.25, 0.3) is 0 Å². The second-order valence-corrected chi connectivity index (χ2v) is 13.9. The minimum atomic E-state index is -1.54. The predicted molar refractivity (Wildman–Crippen MR) is 150 cm³/mol. The summed E-state index contributed by atoms with van der Waals surface area (Å²) in [5, 5.41) is 38.7. The summed E-state index contributed by atoms with van der Waals surface area (Å²) >= 11 is 0. The van der Waals surface area contributed by atoms with Gasteiger partial charge < -0.3 is 39.0 Å². The molecule has 0 unspecified atom stereocenters. The lowest BCUT2D eigenvalue weighted by molar-refractivity contribution is -0.325. The number of piperidine rings is 1. The molecule has 10 heteroatoms. The molecule has 1 aliphatic heterocycles. The van der Waals surface area contributed by atoms with Crippen LogP contribution < -0.4 is 4.74 Å². The normalized spacial score (nSPS) is 50.0. The van der Waals surface area contributed by atoms with Gasteiger partial charge in [-0.1, -0.05) is 6.92 Å². The van der Waals surface area contributed by atoms with Crippen LogP contribution in [-0.4, -0.2) is 115 Å². The summed E-state index contributed by atoms with van der Waals surface area (Å²) in [6, 6.07) is 6.49. The molecule has 0 aromatic heterocycles. The van der Waals surface area contributed by atoms with Gasteiger partial charge in [-0.15, -0.1) is 0 Å². The van der Waals surface area contributed by atoms with Crippen molar-refractivity contribution >= 4 is 5.97 Å². The number of aliphatic hydroxyl groups is 3. The highest BCUT2D eigenvalue weighted by Crippen LogP contribution is 2.81. The highest BCUT2D eigenvalue weighted by Gasteiger charge is 2.90. The van der Waals surface area contributed by atoms with E-state index >= 15 is 0 Å². The molecule has 232 valence electrons. The zero-order valence-corrected chi connectivity index (χ0v) is 25.2. The molecule has 1 spiro atoms. The lowest BCUT2D eigenvalue weighted by atomic mass is 9.41. The fourth-order valence-electron chi connectivity index (χ4n) is 11.7. The number of ether oxygens (including phenoxy) is 5. The molecule has 0 amide bonds. The highest BCUT2D eigenvalue weighted by molar-refractivity contribution is 5.89. The maximum atomic E-state index is 13.6. The Balaban J connectivity index is 1.40. The standard InChI is InChI=1S/C32H45NO9/c1-6-33-16-28(17-38-2)12-11-22(40-4)32-20-13-30(36)23(41-5)15-29(35,21(25(32)33)14-31(28,32)37)24(20)26(30)42-27(34)18-7-9-19(39-3)10-8-18/h7-10,20-26,35-37H,6,11-17H2,1-5H3/t20-,21+,22+,23+,24-,25-,26-,28+,29+,30+,31+,32-/m1/s1. The molecule has 6 aliphatic rings. The largest absolute Gasteiger partial charge is 0.497 e. The molecule has 7 rings (SSSR count).